The average molecular weight is 294 g/mol. The van der Waals surface area contributed by atoms with Crippen molar-refractivity contribution in [3.05, 3.63) is 59.7 Å². The van der Waals surface area contributed by atoms with E-state index in [1.807, 2.05) is 18.3 Å². The summed E-state index contributed by atoms with van der Waals surface area (Å²) in [5.74, 6) is 0.0718. The molecule has 2 aromatic rings. The summed E-state index contributed by atoms with van der Waals surface area (Å²) < 4.78 is 0. The second-order valence-corrected chi connectivity index (χ2v) is 5.13. The Labute approximate surface area is 132 Å². The summed E-state index contributed by atoms with van der Waals surface area (Å²) in [7, 11) is 0. The lowest BCUT2D eigenvalue weighted by molar-refractivity contribution is 0.101. The minimum absolute atomic E-state index is 0.0718. The Morgan fingerprint density at radius 3 is 2.09 bits per heavy atom. The molecule has 0 N–H and O–H groups in total. The molecule has 0 heterocycles. The molecule has 0 saturated heterocycles. The molecule has 0 aliphatic rings. The first-order valence-electron chi connectivity index (χ1n) is 7.64. The smallest absolute Gasteiger partial charge is 0.159 e. The standard InChI is InChI=1S/C19H22N2O/c1-4-21(5-2)19-12-6-16(7-13-19)14-20-18-10-8-17(9-11-18)15(3)22/h6-14H,4-5H2,1-3H3. The van der Waals surface area contributed by atoms with Crippen LogP contribution in [0.15, 0.2) is 53.5 Å². The third-order valence-electron chi connectivity index (χ3n) is 3.66. The van der Waals surface area contributed by atoms with Gasteiger partial charge in [0.25, 0.3) is 0 Å². The van der Waals surface area contributed by atoms with Gasteiger partial charge in [-0.3, -0.25) is 9.79 Å². The van der Waals surface area contributed by atoms with E-state index >= 15 is 0 Å². The molecule has 0 unspecified atom stereocenters. The van der Waals surface area contributed by atoms with Crippen LogP contribution in [0.25, 0.3) is 0 Å². The number of hydrogen-bond donors (Lipinski definition) is 0. The van der Waals surface area contributed by atoms with Gasteiger partial charge in [-0.15, -0.1) is 0 Å². The molecule has 2 rings (SSSR count). The van der Waals surface area contributed by atoms with Crippen molar-refractivity contribution in [3.63, 3.8) is 0 Å². The first-order chi connectivity index (χ1) is 10.6. The summed E-state index contributed by atoms with van der Waals surface area (Å²) in [6, 6.07) is 15.7. The largest absolute Gasteiger partial charge is 0.372 e. The number of carbonyl (C=O) groups is 1. The van der Waals surface area contributed by atoms with Crippen LogP contribution < -0.4 is 4.90 Å². The second kappa shape index (κ2) is 7.55. The van der Waals surface area contributed by atoms with Gasteiger partial charge in [0.1, 0.15) is 0 Å². The molecule has 3 nitrogen and oxygen atoms in total. The molecule has 0 aliphatic heterocycles. The Hall–Kier alpha value is -2.42. The zero-order valence-electron chi connectivity index (χ0n) is 13.4. The van der Waals surface area contributed by atoms with Crippen LogP contribution in [0.1, 0.15) is 36.7 Å². The van der Waals surface area contributed by atoms with E-state index < -0.39 is 0 Å². The van der Waals surface area contributed by atoms with Crippen molar-refractivity contribution in [2.24, 2.45) is 4.99 Å². The van der Waals surface area contributed by atoms with Gasteiger partial charge in [0, 0.05) is 30.6 Å². The fraction of sp³-hybridized carbons (Fsp3) is 0.263. The molecule has 0 spiro atoms. The summed E-state index contributed by atoms with van der Waals surface area (Å²) in [4.78, 5) is 18.0. The van der Waals surface area contributed by atoms with Crippen molar-refractivity contribution in [1.82, 2.24) is 0 Å². The number of carbonyl (C=O) groups excluding carboxylic acids is 1. The highest BCUT2D eigenvalue weighted by Gasteiger charge is 2.00. The van der Waals surface area contributed by atoms with Gasteiger partial charge in [0.2, 0.25) is 0 Å². The fourth-order valence-corrected chi connectivity index (χ4v) is 2.29. The molecule has 0 bridgehead atoms. The molecule has 0 saturated carbocycles. The van der Waals surface area contributed by atoms with Gasteiger partial charge in [0.15, 0.2) is 5.78 Å². The Bertz CT molecular complexity index is 638. The number of aliphatic imine (C=N–C) groups is 1. The summed E-state index contributed by atoms with van der Waals surface area (Å²) in [6.45, 7) is 7.89. The van der Waals surface area contributed by atoms with Crippen LogP contribution in [0, 0.1) is 0 Å². The van der Waals surface area contributed by atoms with Crippen molar-refractivity contribution in [1.29, 1.82) is 0 Å². The molecule has 0 aliphatic carbocycles. The van der Waals surface area contributed by atoms with E-state index in [1.165, 1.54) is 5.69 Å². The van der Waals surface area contributed by atoms with Crippen molar-refractivity contribution < 1.29 is 4.79 Å². The van der Waals surface area contributed by atoms with Crippen molar-refractivity contribution in [2.75, 3.05) is 18.0 Å². The minimum Gasteiger partial charge on any atom is -0.372 e. The molecular formula is C19H22N2O. The monoisotopic (exact) mass is 294 g/mol. The van der Waals surface area contributed by atoms with Crippen molar-refractivity contribution >= 4 is 23.4 Å². The third-order valence-corrected chi connectivity index (χ3v) is 3.66. The number of nitrogens with zero attached hydrogens (tertiary/aromatic N) is 2. The topological polar surface area (TPSA) is 32.7 Å². The number of hydrogen-bond acceptors (Lipinski definition) is 3. The van der Waals surface area contributed by atoms with E-state index in [-0.39, 0.29) is 5.78 Å². The molecule has 0 aromatic heterocycles. The molecule has 0 atom stereocenters. The van der Waals surface area contributed by atoms with Crippen LogP contribution in [0.5, 0.6) is 0 Å². The number of benzene rings is 2. The quantitative estimate of drug-likeness (QED) is 0.581. The molecule has 3 heteroatoms. The number of ketones is 1. The van der Waals surface area contributed by atoms with Crippen LogP contribution >= 0.6 is 0 Å². The van der Waals surface area contributed by atoms with Crippen LogP contribution in [-0.4, -0.2) is 25.1 Å². The van der Waals surface area contributed by atoms with E-state index in [9.17, 15) is 4.79 Å². The molecule has 2 aromatic carbocycles. The lowest BCUT2D eigenvalue weighted by Crippen LogP contribution is -2.21. The Morgan fingerprint density at radius 2 is 1.59 bits per heavy atom. The van der Waals surface area contributed by atoms with E-state index in [4.69, 9.17) is 0 Å². The zero-order chi connectivity index (χ0) is 15.9. The Kier molecular flexibility index (Phi) is 5.48. The summed E-state index contributed by atoms with van der Waals surface area (Å²) >= 11 is 0. The van der Waals surface area contributed by atoms with Gasteiger partial charge >= 0.3 is 0 Å². The van der Waals surface area contributed by atoms with Gasteiger partial charge in [-0.2, -0.15) is 0 Å². The summed E-state index contributed by atoms with van der Waals surface area (Å²) in [5.41, 5.74) is 3.85. The van der Waals surface area contributed by atoms with E-state index in [0.717, 1.165) is 24.3 Å². The highest BCUT2D eigenvalue weighted by atomic mass is 16.1. The van der Waals surface area contributed by atoms with E-state index in [1.54, 1.807) is 19.1 Å². The maximum absolute atomic E-state index is 11.2. The lowest BCUT2D eigenvalue weighted by Gasteiger charge is -2.20. The maximum atomic E-state index is 11.2. The normalized spacial score (nSPS) is 10.9. The molecular weight excluding hydrogens is 272 g/mol. The van der Waals surface area contributed by atoms with Crippen LogP contribution in [0.3, 0.4) is 0 Å². The summed E-state index contributed by atoms with van der Waals surface area (Å²) in [6.07, 6.45) is 1.84. The van der Waals surface area contributed by atoms with E-state index in [0.29, 0.717) is 5.56 Å². The number of rotatable bonds is 6. The fourth-order valence-electron chi connectivity index (χ4n) is 2.29. The van der Waals surface area contributed by atoms with Crippen molar-refractivity contribution in [3.8, 4) is 0 Å². The maximum Gasteiger partial charge on any atom is 0.159 e. The predicted molar refractivity (Wildman–Crippen MR) is 93.7 cm³/mol. The van der Waals surface area contributed by atoms with Crippen LogP contribution in [0.4, 0.5) is 11.4 Å². The Balaban J connectivity index is 2.08. The molecule has 114 valence electrons. The molecule has 0 amide bonds. The molecule has 0 radical (unpaired) electrons. The number of anilines is 1. The second-order valence-electron chi connectivity index (χ2n) is 5.13. The van der Waals surface area contributed by atoms with Gasteiger partial charge in [-0.1, -0.05) is 12.1 Å². The first-order valence-corrected chi connectivity index (χ1v) is 7.64. The van der Waals surface area contributed by atoms with Crippen LogP contribution in [0.2, 0.25) is 0 Å². The Morgan fingerprint density at radius 1 is 1.00 bits per heavy atom. The average Bonchev–Trinajstić information content (AvgIpc) is 2.55. The van der Waals surface area contributed by atoms with Gasteiger partial charge in [-0.25, -0.2) is 0 Å². The summed E-state index contributed by atoms with van der Waals surface area (Å²) in [5, 5.41) is 0. The zero-order valence-corrected chi connectivity index (χ0v) is 13.4. The molecule has 22 heavy (non-hydrogen) atoms. The molecule has 0 fully saturated rings. The van der Waals surface area contributed by atoms with Gasteiger partial charge in [0.05, 0.1) is 5.69 Å². The van der Waals surface area contributed by atoms with Crippen molar-refractivity contribution in [2.45, 2.75) is 20.8 Å². The number of Topliss-reactive ketones (excluding diaryl/α,β-unsaturated/α-hetero) is 1. The highest BCUT2D eigenvalue weighted by molar-refractivity contribution is 5.94. The third kappa shape index (κ3) is 4.04. The first kappa shape index (κ1) is 16.0. The van der Waals surface area contributed by atoms with E-state index in [2.05, 4.69) is 48.0 Å². The van der Waals surface area contributed by atoms with Gasteiger partial charge in [-0.05, 0) is 62.7 Å². The highest BCUT2D eigenvalue weighted by Crippen LogP contribution is 2.16. The van der Waals surface area contributed by atoms with Crippen LogP contribution in [-0.2, 0) is 0 Å². The SMILES string of the molecule is CCN(CC)c1ccc(C=Nc2ccc(C(C)=O)cc2)cc1. The predicted octanol–water partition coefficient (Wildman–Crippen LogP) is 4.49. The lowest BCUT2D eigenvalue weighted by atomic mass is 10.1. The van der Waals surface area contributed by atoms with Gasteiger partial charge < -0.3 is 4.90 Å². The minimum atomic E-state index is 0.0718.